The van der Waals surface area contributed by atoms with Crippen LogP contribution in [0.15, 0.2) is 17.5 Å². The van der Waals surface area contributed by atoms with Crippen LogP contribution in [0.4, 0.5) is 5.00 Å². The molecule has 0 amide bonds. The Morgan fingerprint density at radius 3 is 2.43 bits per heavy atom. The number of carboxylic acids is 2. The SMILES string of the molecule is C[C@H](Nc1cccs1)C(=O)O.NCC1(CC(=O)O)CCCCC1. The number of thiophene rings is 1. The molecule has 1 aromatic heterocycles. The molecule has 0 bridgehead atoms. The highest BCUT2D eigenvalue weighted by atomic mass is 32.1. The van der Waals surface area contributed by atoms with Crippen LogP contribution in [0.2, 0.25) is 0 Å². The Morgan fingerprint density at radius 1 is 1.35 bits per heavy atom. The number of nitrogens with two attached hydrogens (primary N) is 1. The number of rotatable bonds is 6. The molecule has 1 fully saturated rings. The fraction of sp³-hybridized carbons (Fsp3) is 0.625. The Morgan fingerprint density at radius 2 is 2.00 bits per heavy atom. The van der Waals surface area contributed by atoms with E-state index < -0.39 is 18.0 Å². The molecule has 7 heteroatoms. The summed E-state index contributed by atoms with van der Waals surface area (Å²) in [6.07, 6.45) is 5.77. The van der Waals surface area contributed by atoms with E-state index in [1.807, 2.05) is 17.5 Å². The van der Waals surface area contributed by atoms with Crippen molar-refractivity contribution in [1.29, 1.82) is 0 Å². The maximum atomic E-state index is 10.6. The van der Waals surface area contributed by atoms with Crippen molar-refractivity contribution in [2.45, 2.75) is 51.5 Å². The third kappa shape index (κ3) is 7.00. The number of aliphatic carboxylic acids is 2. The summed E-state index contributed by atoms with van der Waals surface area (Å²) in [7, 11) is 0. The minimum Gasteiger partial charge on any atom is -0.481 e. The Balaban J connectivity index is 0.000000231. The summed E-state index contributed by atoms with van der Waals surface area (Å²) in [6, 6.07) is 3.21. The van der Waals surface area contributed by atoms with Gasteiger partial charge in [0.1, 0.15) is 6.04 Å². The molecular formula is C16H26N2O4S. The van der Waals surface area contributed by atoms with Crippen LogP contribution in [0.5, 0.6) is 0 Å². The fourth-order valence-corrected chi connectivity index (χ4v) is 3.42. The lowest BCUT2D eigenvalue weighted by atomic mass is 9.72. The van der Waals surface area contributed by atoms with Crippen LogP contribution in [0.3, 0.4) is 0 Å². The summed E-state index contributed by atoms with van der Waals surface area (Å²) in [6.45, 7) is 2.14. The highest BCUT2D eigenvalue weighted by molar-refractivity contribution is 7.14. The first-order valence-electron chi connectivity index (χ1n) is 7.83. The first-order chi connectivity index (χ1) is 10.9. The number of nitrogens with one attached hydrogen (secondary N) is 1. The molecule has 130 valence electrons. The molecule has 1 atom stereocenters. The second-order valence-corrected chi connectivity index (χ2v) is 6.96. The van der Waals surface area contributed by atoms with Crippen molar-refractivity contribution in [3.8, 4) is 0 Å². The second kappa shape index (κ2) is 9.52. The molecule has 0 radical (unpaired) electrons. The van der Waals surface area contributed by atoms with Gasteiger partial charge in [0.15, 0.2) is 0 Å². The molecule has 1 saturated carbocycles. The number of anilines is 1. The van der Waals surface area contributed by atoms with Gasteiger partial charge in [-0.3, -0.25) is 9.59 Å². The molecule has 23 heavy (non-hydrogen) atoms. The van der Waals surface area contributed by atoms with Crippen molar-refractivity contribution in [3.63, 3.8) is 0 Å². The van der Waals surface area contributed by atoms with E-state index in [2.05, 4.69) is 5.32 Å². The zero-order chi connectivity index (χ0) is 17.3. The lowest BCUT2D eigenvalue weighted by molar-refractivity contribution is -0.140. The summed E-state index contributed by atoms with van der Waals surface area (Å²) in [5, 5.41) is 22.9. The van der Waals surface area contributed by atoms with Crippen LogP contribution in [0.25, 0.3) is 0 Å². The first kappa shape index (κ1) is 19.4. The Bertz CT molecular complexity index is 484. The molecule has 1 aromatic rings. The van der Waals surface area contributed by atoms with Crippen LogP contribution in [0.1, 0.15) is 45.4 Å². The highest BCUT2D eigenvalue weighted by Gasteiger charge is 2.32. The van der Waals surface area contributed by atoms with Gasteiger partial charge < -0.3 is 21.3 Å². The second-order valence-electron chi connectivity index (χ2n) is 6.02. The lowest BCUT2D eigenvalue weighted by Crippen LogP contribution is -2.34. The zero-order valence-corrected chi connectivity index (χ0v) is 14.3. The standard InChI is InChI=1S/C9H17NO2.C7H9NO2S/c10-7-9(6-8(11)12)4-2-1-3-5-9;1-5(7(9)10)8-6-3-2-4-11-6/h1-7,10H2,(H,11,12);2-5,8H,1H3,(H,9,10)/t;5-/m.0/s1. The molecule has 6 nitrogen and oxygen atoms in total. The minimum absolute atomic E-state index is 0.0793. The lowest BCUT2D eigenvalue weighted by Gasteiger charge is -2.34. The van der Waals surface area contributed by atoms with E-state index in [1.165, 1.54) is 17.8 Å². The van der Waals surface area contributed by atoms with Gasteiger partial charge >= 0.3 is 11.9 Å². The van der Waals surface area contributed by atoms with E-state index >= 15 is 0 Å². The molecule has 1 aliphatic carbocycles. The molecular weight excluding hydrogens is 316 g/mol. The average molecular weight is 342 g/mol. The van der Waals surface area contributed by atoms with Gasteiger partial charge in [-0.25, -0.2) is 0 Å². The fourth-order valence-electron chi connectivity index (χ4n) is 2.71. The normalized spacial score (nSPS) is 17.5. The van der Waals surface area contributed by atoms with Crippen molar-refractivity contribution in [3.05, 3.63) is 17.5 Å². The van der Waals surface area contributed by atoms with Crippen LogP contribution in [0, 0.1) is 5.41 Å². The van der Waals surface area contributed by atoms with Gasteiger partial charge in [0, 0.05) is 0 Å². The first-order valence-corrected chi connectivity index (χ1v) is 8.71. The predicted molar refractivity (Wildman–Crippen MR) is 91.9 cm³/mol. The van der Waals surface area contributed by atoms with Crippen molar-refractivity contribution in [2.75, 3.05) is 11.9 Å². The Labute approximate surface area is 140 Å². The molecule has 0 spiro atoms. The van der Waals surface area contributed by atoms with E-state index in [-0.39, 0.29) is 11.8 Å². The van der Waals surface area contributed by atoms with Gasteiger partial charge in [-0.2, -0.15) is 0 Å². The van der Waals surface area contributed by atoms with Gasteiger partial charge in [0.25, 0.3) is 0 Å². The van der Waals surface area contributed by atoms with Crippen LogP contribution < -0.4 is 11.1 Å². The number of carboxylic acid groups (broad SMARTS) is 2. The summed E-state index contributed by atoms with van der Waals surface area (Å²) in [5.41, 5.74) is 5.54. The predicted octanol–water partition coefficient (Wildman–Crippen LogP) is 3.00. The average Bonchev–Trinajstić information content (AvgIpc) is 3.01. The molecule has 0 aliphatic heterocycles. The molecule has 5 N–H and O–H groups in total. The topological polar surface area (TPSA) is 113 Å². The highest BCUT2D eigenvalue weighted by Crippen LogP contribution is 2.38. The van der Waals surface area contributed by atoms with Crippen LogP contribution in [-0.2, 0) is 9.59 Å². The smallest absolute Gasteiger partial charge is 0.325 e. The molecule has 0 saturated heterocycles. The quantitative estimate of drug-likeness (QED) is 0.632. The van der Waals surface area contributed by atoms with Crippen molar-refractivity contribution in [1.82, 2.24) is 0 Å². The maximum Gasteiger partial charge on any atom is 0.325 e. The van der Waals surface area contributed by atoms with Gasteiger partial charge in [-0.1, -0.05) is 19.3 Å². The van der Waals surface area contributed by atoms with E-state index in [9.17, 15) is 9.59 Å². The summed E-state index contributed by atoms with van der Waals surface area (Å²) < 4.78 is 0. The van der Waals surface area contributed by atoms with Crippen molar-refractivity contribution >= 4 is 28.3 Å². The van der Waals surface area contributed by atoms with E-state index in [4.69, 9.17) is 15.9 Å². The van der Waals surface area contributed by atoms with E-state index in [0.29, 0.717) is 6.54 Å². The monoisotopic (exact) mass is 342 g/mol. The van der Waals surface area contributed by atoms with Crippen molar-refractivity contribution in [2.24, 2.45) is 11.1 Å². The molecule has 0 unspecified atom stereocenters. The van der Waals surface area contributed by atoms with Crippen LogP contribution in [-0.4, -0.2) is 34.7 Å². The zero-order valence-electron chi connectivity index (χ0n) is 13.5. The number of hydrogen-bond donors (Lipinski definition) is 4. The van der Waals surface area contributed by atoms with Gasteiger partial charge in [-0.15, -0.1) is 11.3 Å². The summed E-state index contributed by atoms with van der Waals surface area (Å²) in [5.74, 6) is -1.54. The summed E-state index contributed by atoms with van der Waals surface area (Å²) in [4.78, 5) is 20.9. The third-order valence-electron chi connectivity index (χ3n) is 4.12. The molecule has 0 aromatic carbocycles. The number of hydrogen-bond acceptors (Lipinski definition) is 5. The molecule has 1 aliphatic rings. The molecule has 1 heterocycles. The summed E-state index contributed by atoms with van der Waals surface area (Å²) >= 11 is 1.49. The largest absolute Gasteiger partial charge is 0.481 e. The van der Waals surface area contributed by atoms with Gasteiger partial charge in [-0.05, 0) is 49.2 Å². The van der Waals surface area contributed by atoms with Crippen LogP contribution >= 0.6 is 11.3 Å². The van der Waals surface area contributed by atoms with Gasteiger partial charge in [0.05, 0.1) is 11.4 Å². The Kier molecular flexibility index (Phi) is 8.05. The van der Waals surface area contributed by atoms with E-state index in [0.717, 1.165) is 30.7 Å². The molecule has 2 rings (SSSR count). The van der Waals surface area contributed by atoms with Gasteiger partial charge in [0.2, 0.25) is 0 Å². The van der Waals surface area contributed by atoms with Crippen molar-refractivity contribution < 1.29 is 19.8 Å². The maximum absolute atomic E-state index is 10.6. The third-order valence-corrected chi connectivity index (χ3v) is 4.92. The van der Waals surface area contributed by atoms with E-state index in [1.54, 1.807) is 6.92 Å². The number of carbonyl (C=O) groups is 2. The minimum atomic E-state index is -0.835. The Hall–Kier alpha value is -1.60.